The minimum absolute atomic E-state index is 0.0423. The zero-order valence-electron chi connectivity index (χ0n) is 14.1. The molecule has 3 nitrogen and oxygen atoms in total. The van der Waals surface area contributed by atoms with Crippen molar-refractivity contribution in [2.75, 3.05) is 11.5 Å². The number of ether oxygens (including phenoxy) is 1. The van der Waals surface area contributed by atoms with Gasteiger partial charge in [-0.2, -0.15) is 11.8 Å². The maximum atomic E-state index is 12.2. The summed E-state index contributed by atoms with van der Waals surface area (Å²) in [4.78, 5) is 24.3. The van der Waals surface area contributed by atoms with E-state index in [-0.39, 0.29) is 17.0 Å². The van der Waals surface area contributed by atoms with Gasteiger partial charge in [-0.3, -0.25) is 9.59 Å². The summed E-state index contributed by atoms with van der Waals surface area (Å²) in [5.41, 5.74) is 1.46. The van der Waals surface area contributed by atoms with Crippen LogP contribution in [0.3, 0.4) is 0 Å². The molecule has 1 heterocycles. The summed E-state index contributed by atoms with van der Waals surface area (Å²) in [5, 5.41) is 0.443. The molecule has 0 spiro atoms. The molecule has 0 aromatic heterocycles. The number of carbonyl (C=O) groups is 2. The van der Waals surface area contributed by atoms with E-state index in [1.165, 1.54) is 11.8 Å². The monoisotopic (exact) mass is 352 g/mol. The molecule has 5 heteroatoms. The van der Waals surface area contributed by atoms with Crippen LogP contribution in [0.4, 0.5) is 0 Å². The third kappa shape index (κ3) is 5.88. The van der Waals surface area contributed by atoms with Crippen molar-refractivity contribution in [3.63, 3.8) is 0 Å². The zero-order chi connectivity index (χ0) is 17.0. The Morgan fingerprint density at radius 2 is 1.91 bits per heavy atom. The second kappa shape index (κ2) is 7.75. The van der Waals surface area contributed by atoms with Crippen molar-refractivity contribution >= 4 is 34.6 Å². The Kier molecular flexibility index (Phi) is 6.20. The van der Waals surface area contributed by atoms with Gasteiger partial charge in [0.15, 0.2) is 0 Å². The van der Waals surface area contributed by atoms with Gasteiger partial charge < -0.3 is 4.74 Å². The summed E-state index contributed by atoms with van der Waals surface area (Å²) in [6, 6.07) is 7.65. The average molecular weight is 353 g/mol. The lowest BCUT2D eigenvalue weighted by molar-refractivity contribution is -0.159. The van der Waals surface area contributed by atoms with Gasteiger partial charge in [-0.05, 0) is 34.1 Å². The minimum Gasteiger partial charge on any atom is -0.460 e. The largest absolute Gasteiger partial charge is 0.460 e. The second-order valence-electron chi connectivity index (χ2n) is 6.89. The van der Waals surface area contributed by atoms with Crippen molar-refractivity contribution in [2.45, 2.75) is 45.0 Å². The first kappa shape index (κ1) is 18.4. The Labute approximate surface area is 146 Å². The molecule has 0 aliphatic carbocycles. The molecule has 1 aliphatic heterocycles. The predicted molar refractivity (Wildman–Crippen MR) is 98.2 cm³/mol. The quantitative estimate of drug-likeness (QED) is 0.755. The molecule has 2 rings (SSSR count). The first-order valence-corrected chi connectivity index (χ1v) is 9.86. The van der Waals surface area contributed by atoms with Gasteiger partial charge in [0.1, 0.15) is 5.60 Å². The molecule has 0 radical (unpaired) electrons. The Balaban J connectivity index is 1.78. The van der Waals surface area contributed by atoms with Gasteiger partial charge in [-0.25, -0.2) is 0 Å². The molecule has 1 aromatic carbocycles. The third-order valence-electron chi connectivity index (χ3n) is 3.51. The van der Waals surface area contributed by atoms with Gasteiger partial charge >= 0.3 is 5.97 Å². The van der Waals surface area contributed by atoms with E-state index in [0.717, 1.165) is 29.1 Å². The molecular weight excluding hydrogens is 328 g/mol. The van der Waals surface area contributed by atoms with E-state index in [0.29, 0.717) is 5.25 Å². The molecule has 2 atom stereocenters. The first-order chi connectivity index (χ1) is 10.7. The van der Waals surface area contributed by atoms with Crippen LogP contribution in [0.15, 0.2) is 24.3 Å². The molecule has 0 saturated carbocycles. The second-order valence-corrected chi connectivity index (χ2v) is 9.21. The number of hydrogen-bond acceptors (Lipinski definition) is 5. The summed E-state index contributed by atoms with van der Waals surface area (Å²) >= 11 is 3.12. The van der Waals surface area contributed by atoms with E-state index < -0.39 is 5.60 Å². The van der Waals surface area contributed by atoms with Gasteiger partial charge in [0.2, 0.25) is 5.12 Å². The van der Waals surface area contributed by atoms with Crippen LogP contribution in [0, 0.1) is 12.8 Å². The van der Waals surface area contributed by atoms with E-state index in [4.69, 9.17) is 4.74 Å². The molecule has 0 bridgehead atoms. The van der Waals surface area contributed by atoms with Crippen LogP contribution in [0.5, 0.6) is 0 Å². The first-order valence-electron chi connectivity index (χ1n) is 7.83. The van der Waals surface area contributed by atoms with Crippen LogP contribution in [0.1, 0.15) is 43.1 Å². The van der Waals surface area contributed by atoms with E-state index >= 15 is 0 Å². The SMILES string of the molecule is Cc1ccc(C(=O)SC[C@H]2C[C@H](C(=O)OC(C)(C)C)CS2)cc1. The molecule has 23 heavy (non-hydrogen) atoms. The number of benzene rings is 1. The van der Waals surface area contributed by atoms with Crippen molar-refractivity contribution < 1.29 is 14.3 Å². The maximum absolute atomic E-state index is 12.2. The summed E-state index contributed by atoms with van der Waals surface area (Å²) in [6.45, 7) is 7.68. The van der Waals surface area contributed by atoms with E-state index in [1.807, 2.05) is 52.0 Å². The van der Waals surface area contributed by atoms with Gasteiger partial charge in [0, 0.05) is 22.3 Å². The van der Waals surface area contributed by atoms with Crippen LogP contribution in [0.2, 0.25) is 0 Å². The number of rotatable bonds is 4. The summed E-state index contributed by atoms with van der Waals surface area (Å²) in [5.74, 6) is 1.39. The van der Waals surface area contributed by atoms with Crippen LogP contribution >= 0.6 is 23.5 Å². The van der Waals surface area contributed by atoms with Crippen molar-refractivity contribution in [1.29, 1.82) is 0 Å². The smallest absolute Gasteiger partial charge is 0.310 e. The molecule has 1 aromatic rings. The van der Waals surface area contributed by atoms with Crippen molar-refractivity contribution in [2.24, 2.45) is 5.92 Å². The van der Waals surface area contributed by atoms with E-state index in [1.54, 1.807) is 11.8 Å². The Bertz CT molecular complexity index is 561. The highest BCUT2D eigenvalue weighted by atomic mass is 32.2. The highest BCUT2D eigenvalue weighted by Gasteiger charge is 2.33. The zero-order valence-corrected chi connectivity index (χ0v) is 15.8. The topological polar surface area (TPSA) is 43.4 Å². The Morgan fingerprint density at radius 3 is 2.52 bits per heavy atom. The maximum Gasteiger partial charge on any atom is 0.310 e. The lowest BCUT2D eigenvalue weighted by Gasteiger charge is -2.21. The predicted octanol–water partition coefficient (Wildman–Crippen LogP) is 4.33. The molecule has 0 N–H and O–H groups in total. The molecule has 1 saturated heterocycles. The molecule has 1 aliphatic rings. The molecular formula is C18H24O3S2. The number of aryl methyl sites for hydroxylation is 1. The van der Waals surface area contributed by atoms with Crippen LogP contribution in [-0.4, -0.2) is 33.4 Å². The Hall–Kier alpha value is -0.940. The fraction of sp³-hybridized carbons (Fsp3) is 0.556. The van der Waals surface area contributed by atoms with Gasteiger partial charge in [0.25, 0.3) is 0 Å². The number of thioether (sulfide) groups is 2. The fourth-order valence-corrected chi connectivity index (χ4v) is 4.82. The lowest BCUT2D eigenvalue weighted by Crippen LogP contribution is -2.29. The minimum atomic E-state index is -0.435. The summed E-state index contributed by atoms with van der Waals surface area (Å²) in [7, 11) is 0. The molecule has 1 fully saturated rings. The lowest BCUT2D eigenvalue weighted by atomic mass is 10.1. The number of esters is 1. The summed E-state index contributed by atoms with van der Waals surface area (Å²) < 4.78 is 5.45. The van der Waals surface area contributed by atoms with Gasteiger partial charge in [-0.15, -0.1) is 0 Å². The van der Waals surface area contributed by atoms with Gasteiger partial charge in [-0.1, -0.05) is 41.6 Å². The standard InChI is InChI=1S/C18H24O3S2/c1-12-5-7-13(8-6-12)17(20)23-11-15-9-14(10-22-15)16(19)21-18(2,3)4/h5-8,14-15H,9-11H2,1-4H3/t14-,15+/m0/s1. The average Bonchev–Trinajstić information content (AvgIpc) is 2.93. The highest BCUT2D eigenvalue weighted by molar-refractivity contribution is 8.15. The normalized spacial score (nSPS) is 21.2. The third-order valence-corrected chi connectivity index (χ3v) is 6.21. The van der Waals surface area contributed by atoms with Crippen molar-refractivity contribution in [3.05, 3.63) is 35.4 Å². The Morgan fingerprint density at radius 1 is 1.26 bits per heavy atom. The number of hydrogen-bond donors (Lipinski definition) is 0. The molecule has 0 unspecified atom stereocenters. The van der Waals surface area contributed by atoms with Gasteiger partial charge in [0.05, 0.1) is 5.92 Å². The highest BCUT2D eigenvalue weighted by Crippen LogP contribution is 2.35. The van der Waals surface area contributed by atoms with Crippen molar-refractivity contribution in [1.82, 2.24) is 0 Å². The molecule has 0 amide bonds. The van der Waals surface area contributed by atoms with E-state index in [9.17, 15) is 9.59 Å². The van der Waals surface area contributed by atoms with E-state index in [2.05, 4.69) is 0 Å². The summed E-state index contributed by atoms with van der Waals surface area (Å²) in [6.07, 6.45) is 0.799. The van der Waals surface area contributed by atoms with Crippen LogP contribution in [0.25, 0.3) is 0 Å². The molecule has 126 valence electrons. The fourth-order valence-electron chi connectivity index (χ4n) is 2.31. The van der Waals surface area contributed by atoms with Crippen molar-refractivity contribution in [3.8, 4) is 0 Å². The van der Waals surface area contributed by atoms with Crippen LogP contribution in [-0.2, 0) is 9.53 Å². The van der Waals surface area contributed by atoms with Crippen LogP contribution < -0.4 is 0 Å². The number of carbonyl (C=O) groups excluding carboxylic acids is 2.